The molecule has 1 aliphatic rings. The third kappa shape index (κ3) is 2.38. The molecule has 0 saturated carbocycles. The van der Waals surface area contributed by atoms with Gasteiger partial charge in [-0.25, -0.2) is 4.21 Å². The number of aryl methyl sites for hydroxylation is 1. The number of hydrogen-bond donors (Lipinski definition) is 0. The molecule has 6 heteroatoms. The van der Waals surface area contributed by atoms with Crippen LogP contribution in [0.25, 0.3) is 0 Å². The molecule has 1 aliphatic heterocycles. The number of carbonyl (C=O) groups is 1. The van der Waals surface area contributed by atoms with Gasteiger partial charge < -0.3 is 0 Å². The molecule has 1 aromatic heterocycles. The summed E-state index contributed by atoms with van der Waals surface area (Å²) >= 11 is 4.71. The van der Waals surface area contributed by atoms with Gasteiger partial charge in [-0.15, -0.1) is 11.3 Å². The minimum atomic E-state index is -2.25. The van der Waals surface area contributed by atoms with E-state index in [1.807, 2.05) is 12.3 Å². The number of nitrogens with zero attached hydrogens (tertiary/aromatic N) is 1. The van der Waals surface area contributed by atoms with Crippen molar-refractivity contribution in [2.24, 2.45) is 4.36 Å². The van der Waals surface area contributed by atoms with Crippen LogP contribution in [0.4, 0.5) is 0 Å². The van der Waals surface area contributed by atoms with E-state index in [1.54, 1.807) is 0 Å². The van der Waals surface area contributed by atoms with Crippen LogP contribution < -0.4 is 0 Å². The van der Waals surface area contributed by atoms with Crippen LogP contribution in [-0.2, 0) is 9.73 Å². The maximum absolute atomic E-state index is 12.1. The van der Waals surface area contributed by atoms with E-state index in [0.717, 1.165) is 22.9 Å². The summed E-state index contributed by atoms with van der Waals surface area (Å²) in [4.78, 5) is 12.4. The predicted octanol–water partition coefficient (Wildman–Crippen LogP) is 3.22. The highest BCUT2D eigenvalue weighted by Crippen LogP contribution is 2.29. The van der Waals surface area contributed by atoms with Crippen molar-refractivity contribution in [3.63, 3.8) is 0 Å². The summed E-state index contributed by atoms with van der Waals surface area (Å²) in [5.74, 6) is 0.804. The van der Waals surface area contributed by atoms with Gasteiger partial charge in [0.1, 0.15) is 4.88 Å². The first-order valence-electron chi connectivity index (χ1n) is 5.02. The summed E-state index contributed by atoms with van der Waals surface area (Å²) in [5, 5.41) is 1.90. The fourth-order valence-corrected chi connectivity index (χ4v) is 5.30. The third-order valence-electron chi connectivity index (χ3n) is 2.52. The zero-order chi connectivity index (χ0) is 11.8. The van der Waals surface area contributed by atoms with E-state index in [0.29, 0.717) is 16.4 Å². The van der Waals surface area contributed by atoms with E-state index < -0.39 is 9.73 Å². The van der Waals surface area contributed by atoms with E-state index in [9.17, 15) is 9.00 Å². The van der Waals surface area contributed by atoms with Crippen molar-refractivity contribution in [3.8, 4) is 0 Å². The molecule has 1 amide bonds. The lowest BCUT2D eigenvalue weighted by Gasteiger charge is -1.98. The predicted molar refractivity (Wildman–Crippen MR) is 70.6 cm³/mol. The van der Waals surface area contributed by atoms with Crippen LogP contribution in [0.2, 0.25) is 0 Å². The van der Waals surface area contributed by atoms with Gasteiger partial charge >= 0.3 is 0 Å². The van der Waals surface area contributed by atoms with Gasteiger partial charge in [0.15, 0.2) is 0 Å². The first-order chi connectivity index (χ1) is 7.52. The summed E-state index contributed by atoms with van der Waals surface area (Å²) in [6, 6.07) is 0. The molecule has 0 spiro atoms. The van der Waals surface area contributed by atoms with Gasteiger partial charge in [0, 0.05) is 16.0 Å². The van der Waals surface area contributed by atoms with Crippen molar-refractivity contribution < 1.29 is 9.00 Å². The van der Waals surface area contributed by atoms with Crippen LogP contribution in [0, 0.1) is 6.92 Å². The number of halogens is 1. The van der Waals surface area contributed by atoms with E-state index in [2.05, 4.69) is 20.3 Å². The van der Waals surface area contributed by atoms with E-state index in [4.69, 9.17) is 0 Å². The van der Waals surface area contributed by atoms with Crippen molar-refractivity contribution in [2.45, 2.75) is 19.8 Å². The van der Waals surface area contributed by atoms with Gasteiger partial charge in [-0.05, 0) is 46.6 Å². The molecule has 16 heavy (non-hydrogen) atoms. The number of rotatable bonds is 1. The minimum Gasteiger partial charge on any atom is -0.265 e. The zero-order valence-corrected chi connectivity index (χ0v) is 12.1. The van der Waals surface area contributed by atoms with Gasteiger partial charge in [0.2, 0.25) is 0 Å². The molecular formula is C10H12BrNO2S2. The Bertz CT molecular complexity index is 529. The number of hydrogen-bond acceptors (Lipinski definition) is 3. The Kier molecular flexibility index (Phi) is 3.51. The number of thiophene rings is 1. The lowest BCUT2D eigenvalue weighted by atomic mass is 10.3. The van der Waals surface area contributed by atoms with Crippen LogP contribution in [-0.4, -0.2) is 21.6 Å². The Labute approximate surface area is 108 Å². The highest BCUT2D eigenvalue weighted by atomic mass is 79.9. The molecule has 88 valence electrons. The van der Waals surface area contributed by atoms with Gasteiger partial charge in [0.05, 0.1) is 9.73 Å². The van der Waals surface area contributed by atoms with E-state index in [-0.39, 0.29) is 5.91 Å². The smallest absolute Gasteiger partial charge is 0.265 e. The van der Waals surface area contributed by atoms with E-state index in [1.165, 1.54) is 11.3 Å². The van der Waals surface area contributed by atoms with Gasteiger partial charge in [-0.2, -0.15) is 4.36 Å². The Morgan fingerprint density at radius 1 is 1.50 bits per heavy atom. The second kappa shape index (κ2) is 4.58. The average Bonchev–Trinajstić information content (AvgIpc) is 2.76. The Hall–Kier alpha value is -0.200. The molecule has 0 atom stereocenters. The van der Waals surface area contributed by atoms with Gasteiger partial charge in [-0.3, -0.25) is 4.79 Å². The lowest BCUT2D eigenvalue weighted by molar-refractivity contribution is 0.101. The van der Waals surface area contributed by atoms with Gasteiger partial charge in [-0.1, -0.05) is 0 Å². The SMILES string of the molecule is Cc1csc(C(=O)N=S2(=O)CCCC2)c1Br. The van der Waals surface area contributed by atoms with Crippen molar-refractivity contribution in [2.75, 3.05) is 11.5 Å². The fraction of sp³-hybridized carbons (Fsp3) is 0.500. The topological polar surface area (TPSA) is 46.5 Å². The molecule has 2 heterocycles. The summed E-state index contributed by atoms with van der Waals surface area (Å²) in [6.45, 7) is 1.92. The molecule has 2 rings (SSSR count). The average molecular weight is 322 g/mol. The molecule has 0 aliphatic carbocycles. The Morgan fingerprint density at radius 2 is 2.12 bits per heavy atom. The van der Waals surface area contributed by atoms with E-state index >= 15 is 0 Å². The highest BCUT2D eigenvalue weighted by molar-refractivity contribution is 9.10. The molecule has 0 N–H and O–H groups in total. The summed E-state index contributed by atoms with van der Waals surface area (Å²) in [5.41, 5.74) is 1.02. The van der Waals surface area contributed by atoms with Crippen molar-refractivity contribution in [1.82, 2.24) is 0 Å². The van der Waals surface area contributed by atoms with Crippen molar-refractivity contribution in [3.05, 3.63) is 20.3 Å². The second-order valence-corrected chi connectivity index (χ2v) is 8.06. The molecule has 0 radical (unpaired) electrons. The largest absolute Gasteiger partial charge is 0.296 e. The lowest BCUT2D eigenvalue weighted by Crippen LogP contribution is -2.05. The highest BCUT2D eigenvalue weighted by Gasteiger charge is 2.20. The first kappa shape index (κ1) is 12.3. The molecule has 1 fully saturated rings. The summed E-state index contributed by atoms with van der Waals surface area (Å²) in [7, 11) is -2.25. The fourth-order valence-electron chi connectivity index (χ4n) is 1.62. The molecule has 3 nitrogen and oxygen atoms in total. The van der Waals surface area contributed by atoms with Crippen LogP contribution in [0.3, 0.4) is 0 Å². The standard InChI is InChI=1S/C10H12BrNO2S2/c1-7-6-15-9(8(7)11)10(13)12-16(14)4-2-3-5-16/h6H,2-5H2,1H3. The zero-order valence-electron chi connectivity index (χ0n) is 8.86. The van der Waals surface area contributed by atoms with Crippen LogP contribution in [0.1, 0.15) is 28.1 Å². The van der Waals surface area contributed by atoms with Gasteiger partial charge in [0.25, 0.3) is 5.91 Å². The molecule has 0 unspecified atom stereocenters. The van der Waals surface area contributed by atoms with Crippen LogP contribution in [0.5, 0.6) is 0 Å². The third-order valence-corrected chi connectivity index (χ3v) is 7.24. The number of carbonyl (C=O) groups excluding carboxylic acids is 1. The maximum Gasteiger partial charge on any atom is 0.296 e. The molecule has 1 saturated heterocycles. The van der Waals surface area contributed by atoms with Crippen molar-refractivity contribution >= 4 is 42.9 Å². The summed E-state index contributed by atoms with van der Waals surface area (Å²) < 4.78 is 16.8. The second-order valence-electron chi connectivity index (χ2n) is 3.85. The van der Waals surface area contributed by atoms with Crippen LogP contribution in [0.15, 0.2) is 14.2 Å². The van der Waals surface area contributed by atoms with Crippen LogP contribution >= 0.6 is 27.3 Å². The first-order valence-corrected chi connectivity index (χ1v) is 8.55. The molecule has 0 bridgehead atoms. The Balaban J connectivity index is 2.34. The summed E-state index contributed by atoms with van der Waals surface area (Å²) in [6.07, 6.45) is 1.83. The minimum absolute atomic E-state index is 0.336. The molecule has 0 aromatic carbocycles. The maximum atomic E-state index is 12.1. The normalized spacial score (nSPS) is 18.6. The van der Waals surface area contributed by atoms with Crippen molar-refractivity contribution in [1.29, 1.82) is 0 Å². The number of amides is 1. The quantitative estimate of drug-likeness (QED) is 0.797. The molecule has 1 aromatic rings. The monoisotopic (exact) mass is 321 g/mol. The molecular weight excluding hydrogens is 310 g/mol. The Morgan fingerprint density at radius 3 is 2.62 bits per heavy atom.